The molecule has 0 spiro atoms. The van der Waals surface area contributed by atoms with Crippen molar-refractivity contribution >= 4 is 28.5 Å². The number of nitrogens with zero attached hydrogens (tertiary/aromatic N) is 4. The molecule has 0 aliphatic carbocycles. The molecule has 0 bridgehead atoms. The number of benzene rings is 1. The molecular weight excluding hydrogens is 356 g/mol. The lowest BCUT2D eigenvalue weighted by Crippen LogP contribution is -2.17. The summed E-state index contributed by atoms with van der Waals surface area (Å²) in [6, 6.07) is 7.15. The lowest BCUT2D eigenvalue weighted by Gasteiger charge is -2.21. The van der Waals surface area contributed by atoms with Gasteiger partial charge in [-0.1, -0.05) is 11.6 Å². The Balaban J connectivity index is 2.11. The van der Waals surface area contributed by atoms with Gasteiger partial charge in [0.2, 0.25) is 0 Å². The van der Waals surface area contributed by atoms with Gasteiger partial charge in [-0.05, 0) is 37.6 Å². The van der Waals surface area contributed by atoms with E-state index in [0.717, 1.165) is 10.9 Å². The van der Waals surface area contributed by atoms with Crippen LogP contribution in [0.5, 0.6) is 0 Å². The molecule has 2 N–H and O–H groups in total. The summed E-state index contributed by atoms with van der Waals surface area (Å²) in [6.45, 7) is 3.55. The smallest absolute Gasteiger partial charge is 0.340 e. The van der Waals surface area contributed by atoms with Crippen molar-refractivity contribution in [2.45, 2.75) is 26.0 Å². The van der Waals surface area contributed by atoms with E-state index >= 15 is 0 Å². The highest BCUT2D eigenvalue weighted by molar-refractivity contribution is 6.31. The number of aliphatic hydroxyl groups is 1. The van der Waals surface area contributed by atoms with Gasteiger partial charge in [-0.3, -0.25) is 9.67 Å². The molecule has 0 fully saturated rings. The molecule has 0 aliphatic rings. The number of carboxylic acid groups (broad SMARTS) is 1. The van der Waals surface area contributed by atoms with E-state index in [1.807, 2.05) is 6.07 Å². The molecule has 3 rings (SSSR count). The molecule has 0 amide bonds. The molecule has 0 saturated carbocycles. The Bertz CT molecular complexity index is 1060. The summed E-state index contributed by atoms with van der Waals surface area (Å²) in [7, 11) is 0. The maximum atomic E-state index is 11.2. The van der Waals surface area contributed by atoms with Crippen molar-refractivity contribution in [2.24, 2.45) is 0 Å². The van der Waals surface area contributed by atoms with E-state index in [9.17, 15) is 9.90 Å². The van der Waals surface area contributed by atoms with Crippen LogP contribution in [0.1, 0.15) is 41.0 Å². The zero-order chi connectivity index (χ0) is 19.1. The average Bonchev–Trinajstić information content (AvgIpc) is 2.96. The molecule has 1 aromatic carbocycles. The van der Waals surface area contributed by atoms with Crippen LogP contribution in [0.25, 0.3) is 10.9 Å². The van der Waals surface area contributed by atoms with Crippen molar-refractivity contribution in [2.75, 3.05) is 0 Å². The van der Waals surface area contributed by atoms with Crippen LogP contribution in [0, 0.1) is 11.3 Å². The molecule has 0 aliphatic heterocycles. The molecule has 132 valence electrons. The average molecular weight is 371 g/mol. The Kier molecular flexibility index (Phi) is 4.40. The van der Waals surface area contributed by atoms with Gasteiger partial charge in [0.05, 0.1) is 22.7 Å². The van der Waals surface area contributed by atoms with Crippen LogP contribution in [0.4, 0.5) is 0 Å². The number of carboxylic acids is 1. The summed E-state index contributed by atoms with van der Waals surface area (Å²) < 4.78 is 1.38. The largest absolute Gasteiger partial charge is 0.478 e. The molecule has 2 heterocycles. The number of aromatic nitrogens is 3. The van der Waals surface area contributed by atoms with E-state index in [1.54, 1.807) is 32.0 Å². The molecule has 8 heteroatoms. The maximum absolute atomic E-state index is 11.2. The first-order valence-electron chi connectivity index (χ1n) is 7.71. The zero-order valence-corrected chi connectivity index (χ0v) is 14.8. The number of halogens is 1. The van der Waals surface area contributed by atoms with E-state index in [4.69, 9.17) is 22.0 Å². The van der Waals surface area contributed by atoms with E-state index in [2.05, 4.69) is 10.1 Å². The fourth-order valence-electron chi connectivity index (χ4n) is 2.77. The van der Waals surface area contributed by atoms with Crippen molar-refractivity contribution < 1.29 is 15.0 Å². The summed E-state index contributed by atoms with van der Waals surface area (Å²) in [6.07, 6.45) is 2.83. The lowest BCUT2D eigenvalue weighted by atomic mass is 9.93. The van der Waals surface area contributed by atoms with E-state index < -0.39 is 11.6 Å². The number of carbonyl (C=O) groups is 1. The third-order valence-corrected chi connectivity index (χ3v) is 4.12. The second kappa shape index (κ2) is 6.41. The molecule has 7 nitrogen and oxygen atoms in total. The Morgan fingerprint density at radius 1 is 1.38 bits per heavy atom. The first kappa shape index (κ1) is 17.9. The number of rotatable bonds is 4. The van der Waals surface area contributed by atoms with E-state index in [1.165, 1.54) is 17.1 Å². The molecule has 0 radical (unpaired) electrons. The molecule has 0 saturated heterocycles. The van der Waals surface area contributed by atoms with Gasteiger partial charge in [-0.15, -0.1) is 0 Å². The SMILES string of the molecule is CC(C)(O)c1cc(Cn2cc(C(=O)O)c(C#N)n2)cc2cc(Cl)cnc12. The van der Waals surface area contributed by atoms with Crippen molar-refractivity contribution in [3.8, 4) is 6.07 Å². The van der Waals surface area contributed by atoms with Gasteiger partial charge < -0.3 is 10.2 Å². The molecule has 3 aromatic rings. The number of pyridine rings is 1. The van der Waals surface area contributed by atoms with Crippen LogP contribution in [-0.4, -0.2) is 30.9 Å². The van der Waals surface area contributed by atoms with Gasteiger partial charge >= 0.3 is 5.97 Å². The minimum absolute atomic E-state index is 0.147. The summed E-state index contributed by atoms with van der Waals surface area (Å²) in [5, 5.41) is 33.9. The summed E-state index contributed by atoms with van der Waals surface area (Å²) >= 11 is 6.03. The standard InChI is InChI=1S/C18H15ClN4O3/c1-18(2,26)14-4-10(3-11-5-12(19)7-21-16(11)14)8-23-9-13(17(24)25)15(6-20)22-23/h3-5,7,9,26H,8H2,1-2H3,(H,24,25). The predicted octanol–water partition coefficient (Wildman–Crippen LogP) is 2.93. The third-order valence-electron chi connectivity index (χ3n) is 3.91. The van der Waals surface area contributed by atoms with Gasteiger partial charge in [0.15, 0.2) is 5.69 Å². The Morgan fingerprint density at radius 2 is 2.12 bits per heavy atom. The van der Waals surface area contributed by atoms with Crippen LogP contribution in [0.3, 0.4) is 0 Å². The minimum atomic E-state index is -1.21. The normalized spacial score (nSPS) is 11.5. The molecular formula is C18H15ClN4O3. The van der Waals surface area contributed by atoms with Crippen molar-refractivity contribution in [3.63, 3.8) is 0 Å². The monoisotopic (exact) mass is 370 g/mol. The van der Waals surface area contributed by atoms with E-state index in [0.29, 0.717) is 16.1 Å². The molecule has 2 aromatic heterocycles. The number of hydrogen-bond acceptors (Lipinski definition) is 5. The topological polar surface area (TPSA) is 112 Å². The van der Waals surface area contributed by atoms with Crippen LogP contribution in [-0.2, 0) is 12.1 Å². The summed E-state index contributed by atoms with van der Waals surface area (Å²) in [4.78, 5) is 15.5. The van der Waals surface area contributed by atoms with Crippen LogP contribution < -0.4 is 0 Å². The first-order chi connectivity index (χ1) is 12.2. The van der Waals surface area contributed by atoms with Crippen LogP contribution in [0.2, 0.25) is 5.02 Å². The predicted molar refractivity (Wildman–Crippen MR) is 95.0 cm³/mol. The highest BCUT2D eigenvalue weighted by atomic mass is 35.5. The second-order valence-corrected chi connectivity index (χ2v) is 6.87. The van der Waals surface area contributed by atoms with Gasteiger partial charge in [-0.25, -0.2) is 4.79 Å². The van der Waals surface area contributed by atoms with Crippen molar-refractivity contribution in [3.05, 3.63) is 58.0 Å². The maximum Gasteiger partial charge on any atom is 0.340 e. The van der Waals surface area contributed by atoms with Crippen LogP contribution >= 0.6 is 11.6 Å². The summed E-state index contributed by atoms with van der Waals surface area (Å²) in [5.41, 5.74) is 0.584. The Labute approximate surface area is 154 Å². The second-order valence-electron chi connectivity index (χ2n) is 6.43. The van der Waals surface area contributed by atoms with Gasteiger partial charge in [-0.2, -0.15) is 10.4 Å². The van der Waals surface area contributed by atoms with E-state index in [-0.39, 0.29) is 17.8 Å². The lowest BCUT2D eigenvalue weighted by molar-refractivity contribution is 0.0696. The van der Waals surface area contributed by atoms with Gasteiger partial charge in [0.25, 0.3) is 0 Å². The van der Waals surface area contributed by atoms with Gasteiger partial charge in [0, 0.05) is 23.3 Å². The quantitative estimate of drug-likeness (QED) is 0.730. The van der Waals surface area contributed by atoms with Crippen LogP contribution in [0.15, 0.2) is 30.6 Å². The van der Waals surface area contributed by atoms with Crippen molar-refractivity contribution in [1.29, 1.82) is 5.26 Å². The summed E-state index contributed by atoms with van der Waals surface area (Å²) in [5.74, 6) is -1.21. The zero-order valence-electron chi connectivity index (χ0n) is 14.1. The fourth-order valence-corrected chi connectivity index (χ4v) is 2.94. The molecule has 0 unspecified atom stereocenters. The number of aromatic carboxylic acids is 1. The highest BCUT2D eigenvalue weighted by Crippen LogP contribution is 2.30. The first-order valence-corrected chi connectivity index (χ1v) is 8.08. The number of nitriles is 1. The Hall–Kier alpha value is -2.95. The number of fused-ring (bicyclic) bond motifs is 1. The third kappa shape index (κ3) is 3.38. The minimum Gasteiger partial charge on any atom is -0.478 e. The number of hydrogen-bond donors (Lipinski definition) is 2. The fraction of sp³-hybridized carbons (Fsp3) is 0.222. The van der Waals surface area contributed by atoms with Crippen molar-refractivity contribution in [1.82, 2.24) is 14.8 Å². The molecule has 26 heavy (non-hydrogen) atoms. The molecule has 0 atom stereocenters. The van der Waals surface area contributed by atoms with Gasteiger partial charge in [0.1, 0.15) is 11.6 Å². The Morgan fingerprint density at radius 3 is 2.69 bits per heavy atom. The highest BCUT2D eigenvalue weighted by Gasteiger charge is 2.22.